The van der Waals surface area contributed by atoms with E-state index in [1.165, 1.54) is 77.0 Å². The topological polar surface area (TPSA) is 0 Å². The second-order valence-corrected chi connectivity index (χ2v) is 6.03. The zero-order chi connectivity index (χ0) is 14.7. The van der Waals surface area contributed by atoms with Gasteiger partial charge in [0.05, 0.1) is 13.3 Å². The van der Waals surface area contributed by atoms with Gasteiger partial charge in [-0.1, -0.05) is 89.9 Å². The first-order valence-electron chi connectivity index (χ1n) is 9.03. The molecule has 0 aliphatic heterocycles. The third-order valence-corrected chi connectivity index (χ3v) is 4.02. The normalized spacial score (nSPS) is 11.1. The highest BCUT2D eigenvalue weighted by Crippen LogP contribution is 2.13. The van der Waals surface area contributed by atoms with Gasteiger partial charge < -0.3 is 0 Å². The molecular formula is C18H36F2. The van der Waals surface area contributed by atoms with Crippen molar-refractivity contribution in [3.63, 3.8) is 0 Å². The molecule has 0 bridgehead atoms. The molecule has 0 aliphatic rings. The third kappa shape index (κ3) is 17.9. The molecule has 0 spiro atoms. The lowest BCUT2D eigenvalue weighted by Crippen LogP contribution is -1.84. The van der Waals surface area contributed by atoms with E-state index in [0.29, 0.717) is 0 Å². The molecule has 122 valence electrons. The van der Waals surface area contributed by atoms with E-state index >= 15 is 0 Å². The van der Waals surface area contributed by atoms with E-state index in [2.05, 4.69) is 0 Å². The lowest BCUT2D eigenvalue weighted by atomic mass is 10.0. The quantitative estimate of drug-likeness (QED) is 0.249. The first-order valence-corrected chi connectivity index (χ1v) is 9.03. The summed E-state index contributed by atoms with van der Waals surface area (Å²) in [5.74, 6) is 0. The highest BCUT2D eigenvalue weighted by Gasteiger charge is 1.94. The third-order valence-electron chi connectivity index (χ3n) is 4.02. The maximum Gasteiger partial charge on any atom is 0.0894 e. The molecule has 0 heterocycles. The summed E-state index contributed by atoms with van der Waals surface area (Å²) < 4.78 is 23.7. The molecule has 0 saturated carbocycles. The average molecular weight is 290 g/mol. The lowest BCUT2D eigenvalue weighted by Gasteiger charge is -2.03. The van der Waals surface area contributed by atoms with Crippen LogP contribution in [0.5, 0.6) is 0 Å². The molecule has 0 unspecified atom stereocenters. The van der Waals surface area contributed by atoms with Gasteiger partial charge in [-0.15, -0.1) is 0 Å². The van der Waals surface area contributed by atoms with Gasteiger partial charge >= 0.3 is 0 Å². The SMILES string of the molecule is FCCCCCCCCCCCCCCCCCCF. The average Bonchev–Trinajstić information content (AvgIpc) is 2.47. The molecule has 0 atom stereocenters. The zero-order valence-corrected chi connectivity index (χ0v) is 13.5. The van der Waals surface area contributed by atoms with Crippen LogP contribution < -0.4 is 0 Å². The molecule has 0 amide bonds. The van der Waals surface area contributed by atoms with E-state index in [-0.39, 0.29) is 13.3 Å². The van der Waals surface area contributed by atoms with Crippen LogP contribution in [0.25, 0.3) is 0 Å². The Balaban J connectivity index is 2.89. The molecule has 0 fully saturated rings. The Bertz CT molecular complexity index is 141. The van der Waals surface area contributed by atoms with Crippen molar-refractivity contribution in [2.75, 3.05) is 13.3 Å². The van der Waals surface area contributed by atoms with Crippen LogP contribution in [0.1, 0.15) is 103 Å². The molecule has 0 saturated heterocycles. The Morgan fingerprint density at radius 1 is 0.250 bits per heavy atom. The Kier molecular flexibility index (Phi) is 18.7. The van der Waals surface area contributed by atoms with Crippen LogP contribution in [0.3, 0.4) is 0 Å². The summed E-state index contributed by atoms with van der Waals surface area (Å²) in [7, 11) is 0. The monoisotopic (exact) mass is 290 g/mol. The minimum Gasteiger partial charge on any atom is -0.251 e. The number of rotatable bonds is 17. The fourth-order valence-corrected chi connectivity index (χ4v) is 2.66. The minimum atomic E-state index is -0.143. The Morgan fingerprint density at radius 2 is 0.400 bits per heavy atom. The van der Waals surface area contributed by atoms with E-state index in [0.717, 1.165) is 25.7 Å². The fourth-order valence-electron chi connectivity index (χ4n) is 2.66. The van der Waals surface area contributed by atoms with Crippen molar-refractivity contribution >= 4 is 0 Å². The Labute approximate surface area is 125 Å². The highest BCUT2D eigenvalue weighted by atomic mass is 19.1. The van der Waals surface area contributed by atoms with Gasteiger partial charge in [0.1, 0.15) is 0 Å². The smallest absolute Gasteiger partial charge is 0.0894 e. The van der Waals surface area contributed by atoms with Crippen LogP contribution in [0, 0.1) is 0 Å². The summed E-state index contributed by atoms with van der Waals surface area (Å²) in [5, 5.41) is 0. The number of hydrogen-bond acceptors (Lipinski definition) is 0. The molecular weight excluding hydrogens is 254 g/mol. The molecule has 0 nitrogen and oxygen atoms in total. The van der Waals surface area contributed by atoms with E-state index in [1.807, 2.05) is 0 Å². The summed E-state index contributed by atoms with van der Waals surface area (Å²) in [6, 6.07) is 0. The Hall–Kier alpha value is -0.140. The lowest BCUT2D eigenvalue weighted by molar-refractivity contribution is 0.447. The molecule has 0 rings (SSSR count). The second kappa shape index (κ2) is 18.9. The van der Waals surface area contributed by atoms with Crippen molar-refractivity contribution in [2.45, 2.75) is 103 Å². The molecule has 0 aliphatic carbocycles. The van der Waals surface area contributed by atoms with Crippen molar-refractivity contribution in [3.05, 3.63) is 0 Å². The van der Waals surface area contributed by atoms with E-state index in [9.17, 15) is 8.78 Å². The van der Waals surface area contributed by atoms with Crippen LogP contribution in [0.15, 0.2) is 0 Å². The van der Waals surface area contributed by atoms with E-state index < -0.39 is 0 Å². The fraction of sp³-hybridized carbons (Fsp3) is 1.00. The first kappa shape index (κ1) is 19.9. The summed E-state index contributed by atoms with van der Waals surface area (Å²) in [6.45, 7) is -0.286. The molecule has 0 aromatic heterocycles. The highest BCUT2D eigenvalue weighted by molar-refractivity contribution is 4.50. The van der Waals surface area contributed by atoms with Crippen LogP contribution in [0.4, 0.5) is 8.78 Å². The van der Waals surface area contributed by atoms with E-state index in [1.54, 1.807) is 0 Å². The van der Waals surface area contributed by atoms with Crippen LogP contribution in [-0.2, 0) is 0 Å². The van der Waals surface area contributed by atoms with Gasteiger partial charge in [0, 0.05) is 0 Å². The van der Waals surface area contributed by atoms with E-state index in [4.69, 9.17) is 0 Å². The van der Waals surface area contributed by atoms with Gasteiger partial charge in [-0.3, -0.25) is 8.78 Å². The predicted octanol–water partition coefficient (Wildman–Crippen LogP) is 7.17. The molecule has 0 N–H and O–H groups in total. The number of alkyl halides is 2. The van der Waals surface area contributed by atoms with Crippen molar-refractivity contribution in [2.24, 2.45) is 0 Å². The van der Waals surface area contributed by atoms with Gasteiger partial charge in [-0.05, 0) is 12.8 Å². The standard InChI is InChI=1S/C18H36F2/c19-17-15-13-11-9-7-5-3-1-2-4-6-8-10-12-14-16-18-20/h1-18H2. The molecule has 0 radical (unpaired) electrons. The maximum atomic E-state index is 11.9. The first-order chi connectivity index (χ1) is 9.91. The van der Waals surface area contributed by atoms with Gasteiger partial charge in [-0.2, -0.15) is 0 Å². The van der Waals surface area contributed by atoms with Gasteiger partial charge in [-0.25, -0.2) is 0 Å². The van der Waals surface area contributed by atoms with Gasteiger partial charge in [0.25, 0.3) is 0 Å². The number of halogens is 2. The molecule has 0 aromatic rings. The predicted molar refractivity (Wildman–Crippen MR) is 85.8 cm³/mol. The van der Waals surface area contributed by atoms with Crippen molar-refractivity contribution in [1.29, 1.82) is 0 Å². The molecule has 2 heteroatoms. The summed E-state index contributed by atoms with van der Waals surface area (Å²) in [4.78, 5) is 0. The Morgan fingerprint density at radius 3 is 0.550 bits per heavy atom. The summed E-state index contributed by atoms with van der Waals surface area (Å²) >= 11 is 0. The van der Waals surface area contributed by atoms with Crippen molar-refractivity contribution < 1.29 is 8.78 Å². The zero-order valence-electron chi connectivity index (χ0n) is 13.5. The summed E-state index contributed by atoms with van der Waals surface area (Å²) in [6.07, 6.45) is 19.6. The molecule has 0 aromatic carbocycles. The largest absolute Gasteiger partial charge is 0.251 e. The van der Waals surface area contributed by atoms with Crippen LogP contribution >= 0.6 is 0 Å². The number of unbranched alkanes of at least 4 members (excludes halogenated alkanes) is 15. The van der Waals surface area contributed by atoms with Gasteiger partial charge in [0.15, 0.2) is 0 Å². The van der Waals surface area contributed by atoms with Crippen molar-refractivity contribution in [3.8, 4) is 0 Å². The van der Waals surface area contributed by atoms with Crippen molar-refractivity contribution in [1.82, 2.24) is 0 Å². The van der Waals surface area contributed by atoms with Crippen LogP contribution in [-0.4, -0.2) is 13.3 Å². The maximum absolute atomic E-state index is 11.9. The summed E-state index contributed by atoms with van der Waals surface area (Å²) in [5.41, 5.74) is 0. The van der Waals surface area contributed by atoms with Gasteiger partial charge in [0.2, 0.25) is 0 Å². The molecule has 20 heavy (non-hydrogen) atoms. The minimum absolute atomic E-state index is 0.143. The number of hydrogen-bond donors (Lipinski definition) is 0. The second-order valence-electron chi connectivity index (χ2n) is 6.03. The van der Waals surface area contributed by atoms with Crippen LogP contribution in [0.2, 0.25) is 0 Å².